The monoisotopic (exact) mass is 185 g/mol. The molecule has 0 saturated carbocycles. The molecule has 0 aliphatic rings. The fourth-order valence-corrected chi connectivity index (χ4v) is 1.29. The SMILES string of the molecule is CCC(CC)CC(=O)CNC(C)C. The highest BCUT2D eigenvalue weighted by atomic mass is 16.1. The second-order valence-electron chi connectivity index (χ2n) is 3.96. The minimum absolute atomic E-state index is 0.349. The molecule has 78 valence electrons. The van der Waals surface area contributed by atoms with Gasteiger partial charge in [-0.15, -0.1) is 0 Å². The van der Waals surface area contributed by atoms with Crippen molar-refractivity contribution in [3.63, 3.8) is 0 Å². The predicted octanol–water partition coefficient (Wildman–Crippen LogP) is 2.38. The molecule has 13 heavy (non-hydrogen) atoms. The lowest BCUT2D eigenvalue weighted by Gasteiger charge is -2.12. The first-order chi connectivity index (χ1) is 6.10. The predicted molar refractivity (Wildman–Crippen MR) is 56.8 cm³/mol. The third kappa shape index (κ3) is 6.76. The Labute approximate surface area is 82.1 Å². The van der Waals surface area contributed by atoms with Gasteiger partial charge in [0.2, 0.25) is 0 Å². The lowest BCUT2D eigenvalue weighted by molar-refractivity contribution is -0.119. The van der Waals surface area contributed by atoms with Crippen molar-refractivity contribution in [2.45, 2.75) is 53.0 Å². The van der Waals surface area contributed by atoms with Crippen LogP contribution in [0.2, 0.25) is 0 Å². The summed E-state index contributed by atoms with van der Waals surface area (Å²) in [5.74, 6) is 0.934. The van der Waals surface area contributed by atoms with Gasteiger partial charge in [-0.05, 0) is 5.92 Å². The fraction of sp³-hybridized carbons (Fsp3) is 0.909. The van der Waals surface area contributed by atoms with Crippen molar-refractivity contribution < 1.29 is 4.79 Å². The quantitative estimate of drug-likeness (QED) is 0.660. The zero-order chi connectivity index (χ0) is 10.3. The van der Waals surface area contributed by atoms with E-state index in [-0.39, 0.29) is 0 Å². The highest BCUT2D eigenvalue weighted by molar-refractivity contribution is 5.80. The van der Waals surface area contributed by atoms with Gasteiger partial charge in [-0.3, -0.25) is 4.79 Å². The summed E-state index contributed by atoms with van der Waals surface area (Å²) in [5, 5.41) is 3.15. The van der Waals surface area contributed by atoms with E-state index in [0.717, 1.165) is 19.3 Å². The Morgan fingerprint density at radius 1 is 1.23 bits per heavy atom. The normalized spacial score (nSPS) is 11.2. The van der Waals surface area contributed by atoms with E-state index in [0.29, 0.717) is 24.3 Å². The van der Waals surface area contributed by atoms with Crippen LogP contribution in [0.1, 0.15) is 47.0 Å². The molecule has 1 N–H and O–H groups in total. The molecule has 0 heterocycles. The molecule has 0 amide bonds. The van der Waals surface area contributed by atoms with Crippen molar-refractivity contribution >= 4 is 5.78 Å². The Morgan fingerprint density at radius 2 is 1.77 bits per heavy atom. The topological polar surface area (TPSA) is 29.1 Å². The number of carbonyl (C=O) groups excluding carboxylic acids is 1. The number of carbonyl (C=O) groups is 1. The van der Waals surface area contributed by atoms with E-state index >= 15 is 0 Å². The maximum absolute atomic E-state index is 11.4. The minimum atomic E-state index is 0.349. The van der Waals surface area contributed by atoms with E-state index in [9.17, 15) is 4.79 Å². The number of nitrogens with one attached hydrogen (secondary N) is 1. The molecule has 0 aliphatic heterocycles. The second kappa shape index (κ2) is 7.07. The van der Waals surface area contributed by atoms with Gasteiger partial charge in [0.15, 0.2) is 0 Å². The molecule has 0 unspecified atom stereocenters. The zero-order valence-electron chi connectivity index (χ0n) is 9.39. The zero-order valence-corrected chi connectivity index (χ0v) is 9.39. The van der Waals surface area contributed by atoms with Crippen LogP contribution in [0.25, 0.3) is 0 Å². The summed E-state index contributed by atoms with van der Waals surface area (Å²) in [5.41, 5.74) is 0. The van der Waals surface area contributed by atoms with Gasteiger partial charge in [0.05, 0.1) is 6.54 Å². The summed E-state index contributed by atoms with van der Waals surface area (Å²) < 4.78 is 0. The molecule has 0 aromatic carbocycles. The van der Waals surface area contributed by atoms with Crippen LogP contribution in [-0.2, 0) is 4.79 Å². The minimum Gasteiger partial charge on any atom is -0.308 e. The number of Topliss-reactive ketones (excluding diaryl/α,β-unsaturated/α-hetero) is 1. The Morgan fingerprint density at radius 3 is 2.15 bits per heavy atom. The molecular weight excluding hydrogens is 162 g/mol. The summed E-state index contributed by atoms with van der Waals surface area (Å²) in [6, 6.07) is 0.408. The van der Waals surface area contributed by atoms with Gasteiger partial charge in [0.1, 0.15) is 5.78 Å². The molecule has 0 rings (SSSR count). The molecular formula is C11H23NO. The second-order valence-corrected chi connectivity index (χ2v) is 3.96. The molecule has 0 spiro atoms. The smallest absolute Gasteiger partial charge is 0.146 e. The van der Waals surface area contributed by atoms with Crippen LogP contribution in [0, 0.1) is 5.92 Å². The van der Waals surface area contributed by atoms with Crippen molar-refractivity contribution in [3.05, 3.63) is 0 Å². The first-order valence-electron chi connectivity index (χ1n) is 5.35. The van der Waals surface area contributed by atoms with Gasteiger partial charge in [0.25, 0.3) is 0 Å². The summed E-state index contributed by atoms with van der Waals surface area (Å²) in [6.07, 6.45) is 2.97. The van der Waals surface area contributed by atoms with E-state index in [4.69, 9.17) is 0 Å². The van der Waals surface area contributed by atoms with Crippen molar-refractivity contribution in [3.8, 4) is 0 Å². The summed E-state index contributed by atoms with van der Waals surface area (Å²) in [6.45, 7) is 8.96. The molecule has 0 aromatic heterocycles. The number of ketones is 1. The molecule has 0 fully saturated rings. The van der Waals surface area contributed by atoms with Gasteiger partial charge in [-0.1, -0.05) is 40.5 Å². The largest absolute Gasteiger partial charge is 0.308 e. The summed E-state index contributed by atoms with van der Waals surface area (Å²) >= 11 is 0. The molecule has 0 aliphatic carbocycles. The van der Waals surface area contributed by atoms with Crippen molar-refractivity contribution in [1.82, 2.24) is 5.32 Å². The Balaban J connectivity index is 3.60. The van der Waals surface area contributed by atoms with Gasteiger partial charge in [0, 0.05) is 12.5 Å². The number of hydrogen-bond donors (Lipinski definition) is 1. The number of rotatable bonds is 7. The van der Waals surface area contributed by atoms with E-state index in [1.165, 1.54) is 0 Å². The van der Waals surface area contributed by atoms with Crippen LogP contribution in [0.3, 0.4) is 0 Å². The Kier molecular flexibility index (Phi) is 6.87. The fourth-order valence-electron chi connectivity index (χ4n) is 1.29. The Hall–Kier alpha value is -0.370. The van der Waals surface area contributed by atoms with Crippen LogP contribution >= 0.6 is 0 Å². The molecule has 0 radical (unpaired) electrons. The van der Waals surface area contributed by atoms with Crippen LogP contribution in [0.5, 0.6) is 0 Å². The standard InChI is InChI=1S/C11H23NO/c1-5-10(6-2)7-11(13)8-12-9(3)4/h9-10,12H,5-8H2,1-4H3. The van der Waals surface area contributed by atoms with Gasteiger partial charge in [-0.25, -0.2) is 0 Å². The molecule has 2 nitrogen and oxygen atoms in total. The summed E-state index contributed by atoms with van der Waals surface area (Å²) in [7, 11) is 0. The van der Waals surface area contributed by atoms with E-state index < -0.39 is 0 Å². The van der Waals surface area contributed by atoms with Gasteiger partial charge >= 0.3 is 0 Å². The molecule has 0 aromatic rings. The lowest BCUT2D eigenvalue weighted by atomic mass is 9.97. The maximum Gasteiger partial charge on any atom is 0.146 e. The average Bonchev–Trinajstić information content (AvgIpc) is 2.10. The highest BCUT2D eigenvalue weighted by Gasteiger charge is 2.09. The van der Waals surface area contributed by atoms with E-state index in [1.807, 2.05) is 0 Å². The van der Waals surface area contributed by atoms with Crippen LogP contribution in [0.4, 0.5) is 0 Å². The third-order valence-electron chi connectivity index (χ3n) is 2.38. The van der Waals surface area contributed by atoms with Crippen molar-refractivity contribution in [2.75, 3.05) is 6.54 Å². The van der Waals surface area contributed by atoms with Crippen molar-refractivity contribution in [2.24, 2.45) is 5.92 Å². The first kappa shape index (κ1) is 12.6. The third-order valence-corrected chi connectivity index (χ3v) is 2.38. The van der Waals surface area contributed by atoms with Gasteiger partial charge in [-0.2, -0.15) is 0 Å². The van der Waals surface area contributed by atoms with Crippen LogP contribution < -0.4 is 5.32 Å². The van der Waals surface area contributed by atoms with Gasteiger partial charge < -0.3 is 5.32 Å². The van der Waals surface area contributed by atoms with Crippen LogP contribution in [-0.4, -0.2) is 18.4 Å². The first-order valence-corrected chi connectivity index (χ1v) is 5.35. The number of hydrogen-bond acceptors (Lipinski definition) is 2. The Bertz CT molecular complexity index is 139. The average molecular weight is 185 g/mol. The lowest BCUT2D eigenvalue weighted by Crippen LogP contribution is -2.29. The molecule has 2 heteroatoms. The molecule has 0 saturated heterocycles. The highest BCUT2D eigenvalue weighted by Crippen LogP contribution is 2.12. The summed E-state index contributed by atoms with van der Waals surface area (Å²) in [4.78, 5) is 11.4. The van der Waals surface area contributed by atoms with Crippen LogP contribution in [0.15, 0.2) is 0 Å². The van der Waals surface area contributed by atoms with E-state index in [1.54, 1.807) is 0 Å². The molecule has 0 bridgehead atoms. The molecule has 0 atom stereocenters. The van der Waals surface area contributed by atoms with E-state index in [2.05, 4.69) is 33.0 Å². The van der Waals surface area contributed by atoms with Crippen molar-refractivity contribution in [1.29, 1.82) is 0 Å². The maximum atomic E-state index is 11.4.